The zero-order chi connectivity index (χ0) is 15.6. The Morgan fingerprint density at radius 3 is 2.48 bits per heavy atom. The minimum atomic E-state index is 0.815. The third-order valence-corrected chi connectivity index (χ3v) is 4.78. The molecule has 0 aliphatic rings. The minimum Gasteiger partial charge on any atom is -0.456 e. The van der Waals surface area contributed by atoms with E-state index in [0.29, 0.717) is 0 Å². The van der Waals surface area contributed by atoms with E-state index >= 15 is 0 Å². The van der Waals surface area contributed by atoms with Crippen LogP contribution >= 0.6 is 11.8 Å². The monoisotopic (exact) mass is 319 g/mol. The Morgan fingerprint density at radius 1 is 0.870 bits per heavy atom. The van der Waals surface area contributed by atoms with Crippen molar-refractivity contribution in [2.45, 2.75) is 11.4 Å². The van der Waals surface area contributed by atoms with Gasteiger partial charge in [-0.2, -0.15) is 0 Å². The van der Waals surface area contributed by atoms with E-state index in [9.17, 15) is 0 Å². The topological polar surface area (TPSA) is 25.2 Å². The van der Waals surface area contributed by atoms with Crippen molar-refractivity contribution < 1.29 is 4.42 Å². The number of anilines is 1. The van der Waals surface area contributed by atoms with Crippen LogP contribution in [-0.4, -0.2) is 6.26 Å². The van der Waals surface area contributed by atoms with Crippen LogP contribution in [0.3, 0.4) is 0 Å². The normalized spacial score (nSPS) is 11.2. The molecule has 0 atom stereocenters. The molecular formula is C20H17NOS. The summed E-state index contributed by atoms with van der Waals surface area (Å²) in [6.07, 6.45) is 2.09. The summed E-state index contributed by atoms with van der Waals surface area (Å²) in [5.41, 5.74) is 4.26. The summed E-state index contributed by atoms with van der Waals surface area (Å²) in [7, 11) is 0. The van der Waals surface area contributed by atoms with Crippen molar-refractivity contribution in [1.82, 2.24) is 0 Å². The van der Waals surface area contributed by atoms with Gasteiger partial charge in [-0.05, 0) is 48.2 Å². The summed E-state index contributed by atoms with van der Waals surface area (Å²) in [6, 6.07) is 23.1. The molecule has 0 aliphatic heterocycles. The average Bonchev–Trinajstić information content (AvgIpc) is 2.98. The molecule has 1 N–H and O–H groups in total. The lowest BCUT2D eigenvalue weighted by molar-refractivity contribution is 0.669. The van der Waals surface area contributed by atoms with Gasteiger partial charge in [0, 0.05) is 27.9 Å². The van der Waals surface area contributed by atoms with Crippen molar-refractivity contribution >= 4 is 39.4 Å². The van der Waals surface area contributed by atoms with Gasteiger partial charge in [-0.1, -0.05) is 30.3 Å². The number of hydrogen-bond acceptors (Lipinski definition) is 3. The van der Waals surface area contributed by atoms with Gasteiger partial charge in [0.2, 0.25) is 0 Å². The second kappa shape index (κ2) is 6.01. The molecule has 1 aromatic heterocycles. The van der Waals surface area contributed by atoms with E-state index in [1.165, 1.54) is 10.5 Å². The first-order valence-corrected chi connectivity index (χ1v) is 8.84. The lowest BCUT2D eigenvalue weighted by Crippen LogP contribution is -1.98. The van der Waals surface area contributed by atoms with Crippen LogP contribution in [0, 0.1) is 0 Å². The van der Waals surface area contributed by atoms with Crippen LogP contribution < -0.4 is 5.32 Å². The van der Waals surface area contributed by atoms with Gasteiger partial charge in [0.05, 0.1) is 0 Å². The summed E-state index contributed by atoms with van der Waals surface area (Å²) >= 11 is 1.76. The molecule has 0 spiro atoms. The van der Waals surface area contributed by atoms with Crippen molar-refractivity contribution in [1.29, 1.82) is 0 Å². The Labute approximate surface area is 139 Å². The molecule has 1 heterocycles. The molecule has 0 unspecified atom stereocenters. The maximum absolute atomic E-state index is 5.87. The highest BCUT2D eigenvalue weighted by molar-refractivity contribution is 7.98. The lowest BCUT2D eigenvalue weighted by atomic mass is 10.1. The molecule has 4 aromatic rings. The SMILES string of the molecule is CSc1ccc(CNc2ccc3oc4ccccc4c3c2)cc1. The molecule has 23 heavy (non-hydrogen) atoms. The van der Waals surface area contributed by atoms with Crippen LogP contribution in [0.1, 0.15) is 5.56 Å². The Kier molecular flexibility index (Phi) is 3.72. The smallest absolute Gasteiger partial charge is 0.135 e. The molecule has 0 radical (unpaired) electrons. The number of hydrogen-bond donors (Lipinski definition) is 1. The highest BCUT2D eigenvalue weighted by Gasteiger charge is 2.06. The zero-order valence-electron chi connectivity index (χ0n) is 12.9. The minimum absolute atomic E-state index is 0.815. The number of furan rings is 1. The molecule has 0 saturated heterocycles. The quantitative estimate of drug-likeness (QED) is 0.473. The average molecular weight is 319 g/mol. The molecule has 0 aliphatic carbocycles. The molecule has 0 amide bonds. The first-order valence-electron chi connectivity index (χ1n) is 7.61. The number of benzene rings is 3. The van der Waals surface area contributed by atoms with Gasteiger partial charge in [0.15, 0.2) is 0 Å². The van der Waals surface area contributed by atoms with E-state index in [1.54, 1.807) is 11.8 Å². The number of thioether (sulfide) groups is 1. The Balaban J connectivity index is 1.59. The third kappa shape index (κ3) is 2.80. The van der Waals surface area contributed by atoms with Gasteiger partial charge < -0.3 is 9.73 Å². The number of nitrogens with one attached hydrogen (secondary N) is 1. The second-order valence-corrected chi connectivity index (χ2v) is 6.39. The maximum atomic E-state index is 5.87. The van der Waals surface area contributed by atoms with Crippen LogP contribution in [-0.2, 0) is 6.54 Å². The number of para-hydroxylation sites is 1. The predicted molar refractivity (Wildman–Crippen MR) is 99.3 cm³/mol. The van der Waals surface area contributed by atoms with Crippen LogP contribution in [0.2, 0.25) is 0 Å². The predicted octanol–water partition coefficient (Wildman–Crippen LogP) is 5.92. The molecule has 2 nitrogen and oxygen atoms in total. The summed E-state index contributed by atoms with van der Waals surface area (Å²) in [4.78, 5) is 1.29. The van der Waals surface area contributed by atoms with Gasteiger partial charge in [-0.25, -0.2) is 0 Å². The molecular weight excluding hydrogens is 302 g/mol. The Bertz CT molecular complexity index is 956. The van der Waals surface area contributed by atoms with E-state index in [4.69, 9.17) is 4.42 Å². The van der Waals surface area contributed by atoms with Crippen LogP contribution in [0.5, 0.6) is 0 Å². The van der Waals surface area contributed by atoms with Crippen LogP contribution in [0.15, 0.2) is 76.0 Å². The Hall–Kier alpha value is -2.39. The lowest BCUT2D eigenvalue weighted by Gasteiger charge is -2.07. The summed E-state index contributed by atoms with van der Waals surface area (Å²) in [6.45, 7) is 0.815. The van der Waals surface area contributed by atoms with Crippen molar-refractivity contribution in [3.05, 3.63) is 72.3 Å². The molecule has 3 heteroatoms. The van der Waals surface area contributed by atoms with Gasteiger partial charge in [0.1, 0.15) is 11.2 Å². The fraction of sp³-hybridized carbons (Fsp3) is 0.100. The van der Waals surface area contributed by atoms with Crippen LogP contribution in [0.25, 0.3) is 21.9 Å². The molecule has 4 rings (SSSR count). The number of rotatable bonds is 4. The summed E-state index contributed by atoms with van der Waals surface area (Å²) < 4.78 is 5.87. The first kappa shape index (κ1) is 14.2. The first-order chi connectivity index (χ1) is 11.3. The van der Waals surface area contributed by atoms with Gasteiger partial charge in [0.25, 0.3) is 0 Å². The molecule has 114 valence electrons. The summed E-state index contributed by atoms with van der Waals surface area (Å²) in [5.74, 6) is 0. The van der Waals surface area contributed by atoms with Gasteiger partial charge >= 0.3 is 0 Å². The van der Waals surface area contributed by atoms with Crippen molar-refractivity contribution in [2.75, 3.05) is 11.6 Å². The van der Waals surface area contributed by atoms with Crippen molar-refractivity contribution in [3.8, 4) is 0 Å². The zero-order valence-corrected chi connectivity index (χ0v) is 13.7. The Morgan fingerprint density at radius 2 is 1.65 bits per heavy atom. The van der Waals surface area contributed by atoms with Crippen molar-refractivity contribution in [3.63, 3.8) is 0 Å². The van der Waals surface area contributed by atoms with Gasteiger partial charge in [-0.15, -0.1) is 11.8 Å². The van der Waals surface area contributed by atoms with Crippen LogP contribution in [0.4, 0.5) is 5.69 Å². The van der Waals surface area contributed by atoms with Gasteiger partial charge in [-0.3, -0.25) is 0 Å². The van der Waals surface area contributed by atoms with E-state index in [-0.39, 0.29) is 0 Å². The van der Waals surface area contributed by atoms with Crippen molar-refractivity contribution in [2.24, 2.45) is 0 Å². The van der Waals surface area contributed by atoms with E-state index in [1.807, 2.05) is 24.3 Å². The second-order valence-electron chi connectivity index (χ2n) is 5.51. The molecule has 0 saturated carbocycles. The number of fused-ring (bicyclic) bond motifs is 3. The highest BCUT2D eigenvalue weighted by Crippen LogP contribution is 2.30. The van der Waals surface area contributed by atoms with E-state index in [2.05, 4.69) is 54.0 Å². The molecule has 3 aromatic carbocycles. The van der Waals surface area contributed by atoms with E-state index < -0.39 is 0 Å². The standard InChI is InChI=1S/C20H17NOS/c1-23-16-9-6-14(7-10-16)13-21-15-8-11-20-18(12-15)17-4-2-3-5-19(17)22-20/h2-12,21H,13H2,1H3. The molecule has 0 fully saturated rings. The summed E-state index contributed by atoms with van der Waals surface area (Å²) in [5, 5.41) is 5.81. The fourth-order valence-electron chi connectivity index (χ4n) is 2.78. The third-order valence-electron chi connectivity index (χ3n) is 4.03. The largest absolute Gasteiger partial charge is 0.456 e. The van der Waals surface area contributed by atoms with E-state index in [0.717, 1.165) is 34.2 Å². The molecule has 0 bridgehead atoms. The fourth-order valence-corrected chi connectivity index (χ4v) is 3.19. The maximum Gasteiger partial charge on any atom is 0.135 e. The highest BCUT2D eigenvalue weighted by atomic mass is 32.2.